The molecule has 13 heavy (non-hydrogen) atoms. The molecule has 0 aromatic heterocycles. The van der Waals surface area contributed by atoms with Gasteiger partial charge in [-0.05, 0) is 13.3 Å². The lowest BCUT2D eigenvalue weighted by molar-refractivity contribution is 0.445. The van der Waals surface area contributed by atoms with Crippen molar-refractivity contribution in [1.29, 1.82) is 0 Å². The van der Waals surface area contributed by atoms with Gasteiger partial charge in [-0.2, -0.15) is 0 Å². The van der Waals surface area contributed by atoms with Crippen LogP contribution in [0.3, 0.4) is 0 Å². The summed E-state index contributed by atoms with van der Waals surface area (Å²) in [5, 5.41) is 0. The maximum Gasteiger partial charge on any atom is 0.0748 e. The van der Waals surface area contributed by atoms with Crippen molar-refractivity contribution in [2.24, 2.45) is 22.6 Å². The molecule has 1 aliphatic heterocycles. The highest BCUT2D eigenvalue weighted by Gasteiger charge is 2.30. The zero-order chi connectivity index (χ0) is 9.26. The minimum atomic E-state index is 0.273. The summed E-state index contributed by atoms with van der Waals surface area (Å²) in [6.45, 7) is 2.06. The van der Waals surface area contributed by atoms with E-state index in [0.29, 0.717) is 17.9 Å². The van der Waals surface area contributed by atoms with E-state index in [1.807, 2.05) is 0 Å². The number of hydrogen-bond donors (Lipinski definition) is 1. The Bertz CT molecular complexity index is 263. The van der Waals surface area contributed by atoms with Crippen LogP contribution in [0, 0.1) is 11.8 Å². The van der Waals surface area contributed by atoms with E-state index >= 15 is 0 Å². The lowest BCUT2D eigenvalue weighted by Crippen LogP contribution is -2.26. The second kappa shape index (κ2) is 3.46. The van der Waals surface area contributed by atoms with Gasteiger partial charge in [0.15, 0.2) is 0 Å². The molecule has 2 aliphatic rings. The van der Waals surface area contributed by atoms with E-state index < -0.39 is 0 Å². The highest BCUT2D eigenvalue weighted by atomic mass is 14.8. The van der Waals surface area contributed by atoms with Gasteiger partial charge in [-0.15, -0.1) is 0 Å². The molecule has 0 radical (unpaired) electrons. The van der Waals surface area contributed by atoms with Crippen LogP contribution >= 0.6 is 0 Å². The van der Waals surface area contributed by atoms with Crippen molar-refractivity contribution >= 4 is 6.21 Å². The van der Waals surface area contributed by atoms with Gasteiger partial charge in [-0.25, -0.2) is 0 Å². The first-order valence-corrected chi connectivity index (χ1v) is 4.91. The Kier molecular flexibility index (Phi) is 2.32. The Morgan fingerprint density at radius 1 is 1.38 bits per heavy atom. The molecule has 0 aromatic carbocycles. The molecule has 0 aromatic rings. The van der Waals surface area contributed by atoms with Gasteiger partial charge < -0.3 is 5.73 Å². The van der Waals surface area contributed by atoms with Gasteiger partial charge in [-0.3, -0.25) is 4.99 Å². The van der Waals surface area contributed by atoms with Crippen molar-refractivity contribution < 1.29 is 0 Å². The zero-order valence-corrected chi connectivity index (χ0v) is 7.93. The van der Waals surface area contributed by atoms with Gasteiger partial charge in [0.1, 0.15) is 0 Å². The average molecular weight is 176 g/mol. The molecular weight excluding hydrogens is 160 g/mol. The van der Waals surface area contributed by atoms with Crippen molar-refractivity contribution in [2.45, 2.75) is 25.4 Å². The average Bonchev–Trinajstić information content (AvgIpc) is 2.48. The fraction of sp³-hybridized carbons (Fsp3) is 0.545. The van der Waals surface area contributed by atoms with Crippen LogP contribution in [-0.4, -0.2) is 18.3 Å². The van der Waals surface area contributed by atoms with Crippen LogP contribution in [0.25, 0.3) is 0 Å². The molecule has 4 atom stereocenters. The standard InChI is InChI=1S/C11H16N2/c1-8(12)6-9-7-13-11-5-3-2-4-10(9)11/h2-5,7-11H,6,12H2,1H3. The van der Waals surface area contributed by atoms with E-state index in [-0.39, 0.29) is 6.04 Å². The van der Waals surface area contributed by atoms with Gasteiger partial charge in [0.25, 0.3) is 0 Å². The van der Waals surface area contributed by atoms with Gasteiger partial charge in [0.05, 0.1) is 6.04 Å². The van der Waals surface area contributed by atoms with E-state index in [0.717, 1.165) is 6.42 Å². The van der Waals surface area contributed by atoms with Crippen molar-refractivity contribution in [3.05, 3.63) is 24.3 Å². The van der Waals surface area contributed by atoms with E-state index in [9.17, 15) is 0 Å². The molecule has 2 N–H and O–H groups in total. The first-order chi connectivity index (χ1) is 6.27. The van der Waals surface area contributed by atoms with Crippen LogP contribution in [0.1, 0.15) is 13.3 Å². The summed E-state index contributed by atoms with van der Waals surface area (Å²) in [6, 6.07) is 0.656. The summed E-state index contributed by atoms with van der Waals surface area (Å²) in [5.74, 6) is 1.11. The number of rotatable bonds is 2. The van der Waals surface area contributed by atoms with Crippen molar-refractivity contribution in [3.63, 3.8) is 0 Å². The lowest BCUT2D eigenvalue weighted by atomic mass is 9.84. The first kappa shape index (κ1) is 8.70. The Morgan fingerprint density at radius 3 is 2.92 bits per heavy atom. The predicted molar refractivity (Wildman–Crippen MR) is 55.8 cm³/mol. The zero-order valence-electron chi connectivity index (χ0n) is 7.93. The number of hydrogen-bond acceptors (Lipinski definition) is 2. The molecule has 1 heterocycles. The third kappa shape index (κ3) is 1.73. The summed E-state index contributed by atoms with van der Waals surface area (Å²) < 4.78 is 0. The van der Waals surface area contributed by atoms with Gasteiger partial charge in [0, 0.05) is 24.1 Å². The summed E-state index contributed by atoms with van der Waals surface area (Å²) in [4.78, 5) is 4.47. The van der Waals surface area contributed by atoms with Crippen LogP contribution in [0.15, 0.2) is 29.3 Å². The fourth-order valence-corrected chi connectivity index (χ4v) is 2.11. The number of allylic oxidation sites excluding steroid dienone is 2. The SMILES string of the molecule is CC(N)CC1C=NC2C=CC=CC12. The molecule has 2 rings (SSSR count). The largest absolute Gasteiger partial charge is 0.328 e. The van der Waals surface area contributed by atoms with Crippen molar-refractivity contribution in [2.75, 3.05) is 0 Å². The monoisotopic (exact) mass is 176 g/mol. The highest BCUT2D eigenvalue weighted by Crippen LogP contribution is 2.30. The predicted octanol–water partition coefficient (Wildman–Crippen LogP) is 1.54. The molecule has 2 nitrogen and oxygen atoms in total. The Balaban J connectivity index is 2.05. The number of aliphatic imine (C=N–C) groups is 1. The Labute approximate surface area is 79.2 Å². The second-order valence-corrected chi connectivity index (χ2v) is 4.01. The molecule has 0 bridgehead atoms. The van der Waals surface area contributed by atoms with Crippen LogP contribution < -0.4 is 5.73 Å². The highest BCUT2D eigenvalue weighted by molar-refractivity contribution is 5.66. The number of nitrogens with zero attached hydrogens (tertiary/aromatic N) is 1. The lowest BCUT2D eigenvalue weighted by Gasteiger charge is -2.21. The van der Waals surface area contributed by atoms with Crippen molar-refractivity contribution in [1.82, 2.24) is 0 Å². The topological polar surface area (TPSA) is 38.4 Å². The van der Waals surface area contributed by atoms with Crippen molar-refractivity contribution in [3.8, 4) is 0 Å². The molecule has 4 unspecified atom stereocenters. The summed E-state index contributed by atoms with van der Waals surface area (Å²) in [6.07, 6.45) is 11.7. The van der Waals surface area contributed by atoms with Gasteiger partial charge in [0.2, 0.25) is 0 Å². The van der Waals surface area contributed by atoms with Crippen LogP contribution in [0.5, 0.6) is 0 Å². The molecule has 0 spiro atoms. The minimum absolute atomic E-state index is 0.273. The normalized spacial score (nSPS) is 37.8. The second-order valence-electron chi connectivity index (χ2n) is 4.01. The molecule has 0 saturated heterocycles. The third-order valence-electron chi connectivity index (χ3n) is 2.74. The minimum Gasteiger partial charge on any atom is -0.328 e. The van der Waals surface area contributed by atoms with Gasteiger partial charge >= 0.3 is 0 Å². The van der Waals surface area contributed by atoms with Crippen LogP contribution in [0.4, 0.5) is 0 Å². The Morgan fingerprint density at radius 2 is 2.15 bits per heavy atom. The number of nitrogens with two attached hydrogens (primary N) is 1. The van der Waals surface area contributed by atoms with E-state index in [1.165, 1.54) is 0 Å². The Hall–Kier alpha value is -0.890. The molecule has 0 fully saturated rings. The maximum atomic E-state index is 5.79. The molecule has 0 saturated carbocycles. The third-order valence-corrected chi connectivity index (χ3v) is 2.74. The van der Waals surface area contributed by atoms with Gasteiger partial charge in [-0.1, -0.05) is 24.3 Å². The van der Waals surface area contributed by atoms with E-state index in [1.54, 1.807) is 0 Å². The fourth-order valence-electron chi connectivity index (χ4n) is 2.11. The first-order valence-electron chi connectivity index (χ1n) is 4.91. The van der Waals surface area contributed by atoms with Crippen LogP contribution in [-0.2, 0) is 0 Å². The van der Waals surface area contributed by atoms with E-state index in [2.05, 4.69) is 42.4 Å². The maximum absolute atomic E-state index is 5.79. The van der Waals surface area contributed by atoms with E-state index in [4.69, 9.17) is 5.73 Å². The molecule has 70 valence electrons. The van der Waals surface area contributed by atoms with Crippen LogP contribution in [0.2, 0.25) is 0 Å². The molecule has 1 aliphatic carbocycles. The summed E-state index contributed by atoms with van der Waals surface area (Å²) in [7, 11) is 0. The molecular formula is C11H16N2. The quantitative estimate of drug-likeness (QED) is 0.681. The smallest absolute Gasteiger partial charge is 0.0748 e. The number of fused-ring (bicyclic) bond motifs is 1. The molecule has 2 heteroatoms. The summed E-state index contributed by atoms with van der Waals surface area (Å²) >= 11 is 0. The molecule has 0 amide bonds. The summed E-state index contributed by atoms with van der Waals surface area (Å²) in [5.41, 5.74) is 5.79.